The van der Waals surface area contributed by atoms with E-state index in [1.165, 1.54) is 6.92 Å². The molecule has 6 heteroatoms. The van der Waals surface area contributed by atoms with E-state index in [9.17, 15) is 9.59 Å². The molecule has 6 nitrogen and oxygen atoms in total. The third-order valence-electron chi connectivity index (χ3n) is 3.35. The average Bonchev–Trinajstić information content (AvgIpc) is 2.45. The zero-order valence-corrected chi connectivity index (χ0v) is 13.3. The van der Waals surface area contributed by atoms with Crippen molar-refractivity contribution >= 4 is 17.4 Å². The van der Waals surface area contributed by atoms with Crippen LogP contribution < -0.4 is 20.7 Å². The topological polar surface area (TPSA) is 79.5 Å². The van der Waals surface area contributed by atoms with Crippen LogP contribution in [-0.4, -0.2) is 43.5 Å². The minimum atomic E-state index is -0.246. The molecule has 0 atom stereocenters. The van der Waals surface area contributed by atoms with Gasteiger partial charge in [-0.2, -0.15) is 0 Å². The summed E-state index contributed by atoms with van der Waals surface area (Å²) >= 11 is 0. The van der Waals surface area contributed by atoms with Crippen LogP contribution in [-0.2, 0) is 4.79 Å². The average molecular weight is 305 g/mol. The summed E-state index contributed by atoms with van der Waals surface area (Å²) in [5, 5.41) is 8.98. The predicted molar refractivity (Wildman–Crippen MR) is 85.5 cm³/mol. The molecule has 0 fully saturated rings. The van der Waals surface area contributed by atoms with Crippen molar-refractivity contribution in [3.05, 3.63) is 23.8 Å². The van der Waals surface area contributed by atoms with Crippen molar-refractivity contribution < 1.29 is 14.3 Å². The Labute approximate surface area is 130 Å². The molecular weight excluding hydrogens is 282 g/mol. The highest BCUT2D eigenvalue weighted by atomic mass is 16.5. The van der Waals surface area contributed by atoms with E-state index in [1.54, 1.807) is 6.07 Å². The monoisotopic (exact) mass is 305 g/mol. The molecular formula is C16H23N3O3. The van der Waals surface area contributed by atoms with Crippen molar-refractivity contribution in [2.24, 2.45) is 0 Å². The molecule has 1 aromatic rings. The van der Waals surface area contributed by atoms with Crippen LogP contribution in [0.3, 0.4) is 0 Å². The number of ketones is 1. The molecule has 0 unspecified atom stereocenters. The third kappa shape index (κ3) is 4.46. The molecule has 3 N–H and O–H groups in total. The summed E-state index contributed by atoms with van der Waals surface area (Å²) in [5.41, 5.74) is 1.24. The Morgan fingerprint density at radius 1 is 1.32 bits per heavy atom. The van der Waals surface area contributed by atoms with Gasteiger partial charge >= 0.3 is 0 Å². The summed E-state index contributed by atoms with van der Waals surface area (Å²) in [5.74, 6) is 0.709. The van der Waals surface area contributed by atoms with E-state index < -0.39 is 0 Å². The van der Waals surface area contributed by atoms with Gasteiger partial charge in [0.15, 0.2) is 5.78 Å². The molecule has 2 rings (SSSR count). The van der Waals surface area contributed by atoms with E-state index in [1.807, 2.05) is 26.0 Å². The second-order valence-corrected chi connectivity index (χ2v) is 6.01. The Balaban J connectivity index is 1.88. The molecule has 1 aliphatic heterocycles. The SMILES string of the molecule is CC(=O)NCCNCC(=O)c1ccc2c(c1)NCC(C)(C)O2. The highest BCUT2D eigenvalue weighted by Gasteiger charge is 2.26. The maximum atomic E-state index is 12.1. The molecule has 120 valence electrons. The lowest BCUT2D eigenvalue weighted by Gasteiger charge is -2.33. The van der Waals surface area contributed by atoms with Gasteiger partial charge in [-0.25, -0.2) is 0 Å². The molecule has 0 aromatic heterocycles. The highest BCUT2D eigenvalue weighted by Crippen LogP contribution is 2.33. The molecule has 0 saturated heterocycles. The summed E-state index contributed by atoms with van der Waals surface area (Å²) in [6, 6.07) is 5.43. The zero-order chi connectivity index (χ0) is 16.2. The van der Waals surface area contributed by atoms with Crippen LogP contribution in [0.5, 0.6) is 5.75 Å². The van der Waals surface area contributed by atoms with E-state index in [0.29, 0.717) is 25.2 Å². The first-order valence-electron chi connectivity index (χ1n) is 7.43. The molecule has 0 radical (unpaired) electrons. The van der Waals surface area contributed by atoms with E-state index in [4.69, 9.17) is 4.74 Å². The molecule has 1 heterocycles. The van der Waals surface area contributed by atoms with E-state index in [0.717, 1.165) is 11.4 Å². The molecule has 0 aliphatic carbocycles. The van der Waals surface area contributed by atoms with Crippen molar-refractivity contribution in [3.8, 4) is 5.75 Å². The number of anilines is 1. The van der Waals surface area contributed by atoms with Gasteiger partial charge in [-0.3, -0.25) is 9.59 Å². The summed E-state index contributed by atoms with van der Waals surface area (Å²) in [4.78, 5) is 22.9. The lowest BCUT2D eigenvalue weighted by Crippen LogP contribution is -2.40. The number of amides is 1. The summed E-state index contributed by atoms with van der Waals surface area (Å²) in [6.45, 7) is 7.51. The van der Waals surface area contributed by atoms with Crippen molar-refractivity contribution in [1.82, 2.24) is 10.6 Å². The van der Waals surface area contributed by atoms with Crippen LogP contribution in [0.4, 0.5) is 5.69 Å². The summed E-state index contributed by atoms with van der Waals surface area (Å²) in [7, 11) is 0. The molecule has 0 saturated carbocycles. The van der Waals surface area contributed by atoms with Gasteiger partial charge in [-0.1, -0.05) is 0 Å². The fourth-order valence-corrected chi connectivity index (χ4v) is 2.20. The quantitative estimate of drug-likeness (QED) is 0.543. The first kappa shape index (κ1) is 16.3. The smallest absolute Gasteiger partial charge is 0.216 e. The Hall–Kier alpha value is -2.08. The van der Waals surface area contributed by atoms with Gasteiger partial charge in [-0.15, -0.1) is 0 Å². The first-order chi connectivity index (χ1) is 10.4. The molecule has 0 spiro atoms. The molecule has 0 bridgehead atoms. The van der Waals surface area contributed by atoms with E-state index >= 15 is 0 Å². The predicted octanol–water partition coefficient (Wildman–Crippen LogP) is 1.18. The van der Waals surface area contributed by atoms with Gasteiger partial charge < -0.3 is 20.7 Å². The highest BCUT2D eigenvalue weighted by molar-refractivity contribution is 5.98. The lowest BCUT2D eigenvalue weighted by molar-refractivity contribution is -0.118. The number of ether oxygens (including phenoxy) is 1. The second kappa shape index (κ2) is 6.79. The molecule has 22 heavy (non-hydrogen) atoms. The Morgan fingerprint density at radius 2 is 2.09 bits per heavy atom. The number of hydrogen-bond acceptors (Lipinski definition) is 5. The fourth-order valence-electron chi connectivity index (χ4n) is 2.20. The minimum absolute atomic E-state index is 0.0114. The van der Waals surface area contributed by atoms with Crippen molar-refractivity contribution in [1.29, 1.82) is 0 Å². The van der Waals surface area contributed by atoms with Crippen LogP contribution in [0.15, 0.2) is 18.2 Å². The first-order valence-corrected chi connectivity index (χ1v) is 7.43. The van der Waals surface area contributed by atoms with Crippen molar-refractivity contribution in [2.75, 3.05) is 31.5 Å². The van der Waals surface area contributed by atoms with Crippen LogP contribution in [0.2, 0.25) is 0 Å². The number of nitrogens with one attached hydrogen (secondary N) is 3. The lowest BCUT2D eigenvalue weighted by atomic mass is 10.0. The van der Waals surface area contributed by atoms with Crippen molar-refractivity contribution in [2.45, 2.75) is 26.4 Å². The zero-order valence-electron chi connectivity index (χ0n) is 13.3. The van der Waals surface area contributed by atoms with Crippen LogP contribution in [0.1, 0.15) is 31.1 Å². The molecule has 1 amide bonds. The van der Waals surface area contributed by atoms with Gasteiger partial charge in [0.1, 0.15) is 11.4 Å². The number of benzene rings is 1. The Bertz CT molecular complexity index is 570. The maximum absolute atomic E-state index is 12.1. The number of carbonyl (C=O) groups is 2. The molecule has 1 aromatic carbocycles. The number of carbonyl (C=O) groups excluding carboxylic acids is 2. The van der Waals surface area contributed by atoms with Crippen LogP contribution >= 0.6 is 0 Å². The van der Waals surface area contributed by atoms with E-state index in [2.05, 4.69) is 16.0 Å². The van der Waals surface area contributed by atoms with Crippen LogP contribution in [0, 0.1) is 0 Å². The number of fused-ring (bicyclic) bond motifs is 1. The minimum Gasteiger partial charge on any atom is -0.484 e. The second-order valence-electron chi connectivity index (χ2n) is 6.01. The van der Waals surface area contributed by atoms with Crippen LogP contribution in [0.25, 0.3) is 0 Å². The standard InChI is InChI=1S/C16H23N3O3/c1-11(20)18-7-6-17-9-14(21)12-4-5-15-13(8-12)19-10-16(2,3)22-15/h4-5,8,17,19H,6-7,9-10H2,1-3H3,(H,18,20). The number of Topliss-reactive ketones (excluding diaryl/α,β-unsaturated/α-hetero) is 1. The normalized spacial score (nSPS) is 15.2. The summed E-state index contributed by atoms with van der Waals surface area (Å²) < 4.78 is 5.86. The van der Waals surface area contributed by atoms with Gasteiger partial charge in [0, 0.05) is 25.6 Å². The number of hydrogen-bond donors (Lipinski definition) is 3. The maximum Gasteiger partial charge on any atom is 0.216 e. The van der Waals surface area contributed by atoms with Gasteiger partial charge in [0.25, 0.3) is 0 Å². The summed E-state index contributed by atoms with van der Waals surface area (Å²) in [6.07, 6.45) is 0. The molecule has 1 aliphatic rings. The number of rotatable bonds is 6. The Morgan fingerprint density at radius 3 is 2.82 bits per heavy atom. The van der Waals surface area contributed by atoms with E-state index in [-0.39, 0.29) is 23.8 Å². The van der Waals surface area contributed by atoms with Gasteiger partial charge in [-0.05, 0) is 32.0 Å². The Kier molecular flexibility index (Phi) is 5.03. The fraction of sp³-hybridized carbons (Fsp3) is 0.500. The van der Waals surface area contributed by atoms with Crippen molar-refractivity contribution in [3.63, 3.8) is 0 Å². The third-order valence-corrected chi connectivity index (χ3v) is 3.35. The largest absolute Gasteiger partial charge is 0.484 e. The van der Waals surface area contributed by atoms with Gasteiger partial charge in [0.2, 0.25) is 5.91 Å². The van der Waals surface area contributed by atoms with Gasteiger partial charge in [0.05, 0.1) is 18.8 Å².